The summed E-state index contributed by atoms with van der Waals surface area (Å²) in [6, 6.07) is 16.9. The van der Waals surface area contributed by atoms with Crippen LogP contribution in [0.25, 0.3) is 0 Å². The number of hydrogen-bond acceptors (Lipinski definition) is 4. The van der Waals surface area contributed by atoms with Crippen molar-refractivity contribution in [1.29, 1.82) is 0 Å². The molecule has 0 bridgehead atoms. The zero-order chi connectivity index (χ0) is 21.8. The highest BCUT2D eigenvalue weighted by Gasteiger charge is 2.11. The number of aliphatic imine (C=N–C) groups is 1. The molecular formula is C22H32N4O3S. The quantitative estimate of drug-likeness (QED) is 0.289. The van der Waals surface area contributed by atoms with Crippen LogP contribution in [0.5, 0.6) is 0 Å². The molecule has 0 saturated heterocycles. The number of nitrogens with one attached hydrogen (secondary N) is 3. The Kier molecular flexibility index (Phi) is 9.79. The van der Waals surface area contributed by atoms with Gasteiger partial charge in [-0.15, -0.1) is 0 Å². The van der Waals surface area contributed by atoms with E-state index >= 15 is 0 Å². The number of ether oxygens (including phenoxy) is 1. The molecule has 8 heteroatoms. The normalized spacial score (nSPS) is 13.1. The van der Waals surface area contributed by atoms with Gasteiger partial charge in [-0.25, -0.2) is 18.1 Å². The van der Waals surface area contributed by atoms with Gasteiger partial charge in [-0.2, -0.15) is 0 Å². The van der Waals surface area contributed by atoms with Crippen LogP contribution in [0.2, 0.25) is 0 Å². The van der Waals surface area contributed by atoms with Gasteiger partial charge in [-0.05, 0) is 50.6 Å². The van der Waals surface area contributed by atoms with Crippen molar-refractivity contribution in [2.24, 2.45) is 4.99 Å². The Bertz CT molecular complexity index is 902. The Morgan fingerprint density at radius 3 is 2.57 bits per heavy atom. The molecule has 1 unspecified atom stereocenters. The summed E-state index contributed by atoms with van der Waals surface area (Å²) in [6.45, 7) is 6.54. The van der Waals surface area contributed by atoms with Gasteiger partial charge in [0.05, 0.1) is 17.5 Å². The smallest absolute Gasteiger partial charge is 0.240 e. The van der Waals surface area contributed by atoms with Crippen LogP contribution < -0.4 is 15.4 Å². The predicted molar refractivity (Wildman–Crippen MR) is 121 cm³/mol. The van der Waals surface area contributed by atoms with Crippen molar-refractivity contribution in [1.82, 2.24) is 15.4 Å². The fraction of sp³-hybridized carbons (Fsp3) is 0.409. The molecule has 1 atom stereocenters. The summed E-state index contributed by atoms with van der Waals surface area (Å²) < 4.78 is 32.1. The fourth-order valence-electron chi connectivity index (χ4n) is 2.80. The summed E-state index contributed by atoms with van der Waals surface area (Å²) in [4.78, 5) is 4.79. The third kappa shape index (κ3) is 7.78. The second-order valence-electron chi connectivity index (χ2n) is 6.75. The molecule has 0 amide bonds. The van der Waals surface area contributed by atoms with E-state index < -0.39 is 10.0 Å². The van der Waals surface area contributed by atoms with Crippen LogP contribution >= 0.6 is 0 Å². The monoisotopic (exact) mass is 432 g/mol. The third-order valence-corrected chi connectivity index (χ3v) is 5.90. The van der Waals surface area contributed by atoms with E-state index in [2.05, 4.69) is 39.4 Å². The van der Waals surface area contributed by atoms with Gasteiger partial charge in [0.1, 0.15) is 0 Å². The van der Waals surface area contributed by atoms with Crippen molar-refractivity contribution in [3.63, 3.8) is 0 Å². The van der Waals surface area contributed by atoms with Gasteiger partial charge in [0.15, 0.2) is 5.96 Å². The van der Waals surface area contributed by atoms with Crippen LogP contribution in [0.3, 0.4) is 0 Å². The van der Waals surface area contributed by atoms with E-state index in [0.29, 0.717) is 19.1 Å². The van der Waals surface area contributed by atoms with Gasteiger partial charge in [0.25, 0.3) is 0 Å². The summed E-state index contributed by atoms with van der Waals surface area (Å²) in [6.07, 6.45) is 0.909. The van der Waals surface area contributed by atoms with Crippen LogP contribution in [-0.2, 0) is 21.3 Å². The number of benzene rings is 2. The molecule has 0 radical (unpaired) electrons. The molecule has 0 fully saturated rings. The lowest BCUT2D eigenvalue weighted by Gasteiger charge is -2.15. The maximum atomic E-state index is 12.0. The first-order chi connectivity index (χ1) is 14.5. The lowest BCUT2D eigenvalue weighted by molar-refractivity contribution is 0.0646. The number of hydrogen-bond donors (Lipinski definition) is 3. The molecule has 0 aliphatic carbocycles. The first-order valence-electron chi connectivity index (χ1n) is 10.2. The van der Waals surface area contributed by atoms with E-state index in [4.69, 9.17) is 4.74 Å². The largest absolute Gasteiger partial charge is 0.374 e. The predicted octanol–water partition coefficient (Wildman–Crippen LogP) is 2.82. The molecule has 2 rings (SSSR count). The highest BCUT2D eigenvalue weighted by Crippen LogP contribution is 2.15. The first-order valence-corrected chi connectivity index (χ1v) is 11.7. The number of guanidine groups is 1. The van der Waals surface area contributed by atoms with E-state index in [1.54, 1.807) is 18.2 Å². The minimum absolute atomic E-state index is 0.0641. The lowest BCUT2D eigenvalue weighted by Crippen LogP contribution is -2.38. The lowest BCUT2D eigenvalue weighted by atomic mass is 10.1. The Balaban J connectivity index is 1.82. The Morgan fingerprint density at radius 2 is 1.87 bits per heavy atom. The summed E-state index contributed by atoms with van der Waals surface area (Å²) in [5.41, 5.74) is 1.99. The van der Waals surface area contributed by atoms with Gasteiger partial charge >= 0.3 is 0 Å². The van der Waals surface area contributed by atoms with Crippen molar-refractivity contribution in [3.05, 3.63) is 65.7 Å². The molecule has 7 nitrogen and oxygen atoms in total. The first kappa shape index (κ1) is 23.9. The van der Waals surface area contributed by atoms with Crippen LogP contribution in [0.4, 0.5) is 0 Å². The molecular weight excluding hydrogens is 400 g/mol. The topological polar surface area (TPSA) is 91.8 Å². The van der Waals surface area contributed by atoms with Crippen LogP contribution in [-0.4, -0.2) is 41.1 Å². The highest BCUT2D eigenvalue weighted by molar-refractivity contribution is 7.89. The maximum Gasteiger partial charge on any atom is 0.240 e. The molecule has 0 aliphatic heterocycles. The molecule has 30 heavy (non-hydrogen) atoms. The molecule has 3 N–H and O–H groups in total. The van der Waals surface area contributed by atoms with Crippen LogP contribution in [0.15, 0.2) is 64.5 Å². The number of sulfonamides is 1. The second kappa shape index (κ2) is 12.3. The SMILES string of the molecule is CCNC(=NCc1cccc(S(=O)(=O)NC)c1)NCCCOC(C)c1ccccc1. The molecule has 2 aromatic carbocycles. The highest BCUT2D eigenvalue weighted by atomic mass is 32.2. The van der Waals surface area contributed by atoms with E-state index in [0.717, 1.165) is 25.1 Å². The molecule has 164 valence electrons. The average molecular weight is 433 g/mol. The second-order valence-corrected chi connectivity index (χ2v) is 8.64. The van der Waals surface area contributed by atoms with E-state index in [9.17, 15) is 8.42 Å². The Hall–Kier alpha value is -2.42. The van der Waals surface area contributed by atoms with Gasteiger partial charge < -0.3 is 15.4 Å². The van der Waals surface area contributed by atoms with Crippen molar-refractivity contribution < 1.29 is 13.2 Å². The Labute approximate surface area is 180 Å². The van der Waals surface area contributed by atoms with Gasteiger partial charge in [0.2, 0.25) is 10.0 Å². The van der Waals surface area contributed by atoms with Crippen molar-refractivity contribution in [2.45, 2.75) is 37.8 Å². The zero-order valence-electron chi connectivity index (χ0n) is 17.9. The molecule has 0 spiro atoms. The van der Waals surface area contributed by atoms with E-state index in [1.807, 2.05) is 31.2 Å². The van der Waals surface area contributed by atoms with Crippen molar-refractivity contribution >= 4 is 16.0 Å². The number of rotatable bonds is 11. The molecule has 0 heterocycles. The summed E-state index contributed by atoms with van der Waals surface area (Å²) >= 11 is 0. The summed E-state index contributed by atoms with van der Waals surface area (Å²) in [5.74, 6) is 0.690. The van der Waals surface area contributed by atoms with E-state index in [1.165, 1.54) is 12.6 Å². The fourth-order valence-corrected chi connectivity index (χ4v) is 3.60. The molecule has 0 saturated carbocycles. The number of nitrogens with zero attached hydrogens (tertiary/aromatic N) is 1. The maximum absolute atomic E-state index is 12.0. The summed E-state index contributed by atoms with van der Waals surface area (Å²) in [7, 11) is -2.06. The third-order valence-electron chi connectivity index (χ3n) is 4.49. The molecule has 0 aliphatic rings. The average Bonchev–Trinajstić information content (AvgIpc) is 2.77. The van der Waals surface area contributed by atoms with Crippen molar-refractivity contribution in [3.8, 4) is 0 Å². The van der Waals surface area contributed by atoms with E-state index in [-0.39, 0.29) is 11.0 Å². The zero-order valence-corrected chi connectivity index (χ0v) is 18.7. The Morgan fingerprint density at radius 1 is 1.10 bits per heavy atom. The van der Waals surface area contributed by atoms with Crippen molar-refractivity contribution in [2.75, 3.05) is 26.7 Å². The minimum Gasteiger partial charge on any atom is -0.374 e. The minimum atomic E-state index is -3.46. The van der Waals surface area contributed by atoms with Crippen LogP contribution in [0.1, 0.15) is 37.5 Å². The molecule has 0 aromatic heterocycles. The molecule has 2 aromatic rings. The van der Waals surface area contributed by atoms with Gasteiger partial charge in [-0.3, -0.25) is 0 Å². The standard InChI is InChI=1S/C22H32N4O3S/c1-4-24-22(25-14-9-15-29-18(2)20-11-6-5-7-12-20)26-17-19-10-8-13-21(16-19)30(27,28)23-3/h5-8,10-13,16,18,23H,4,9,14-15,17H2,1-3H3,(H2,24,25,26). The van der Waals surface area contributed by atoms with Gasteiger partial charge in [-0.1, -0.05) is 42.5 Å². The summed E-state index contributed by atoms with van der Waals surface area (Å²) in [5, 5.41) is 6.49. The van der Waals surface area contributed by atoms with Gasteiger partial charge in [0, 0.05) is 19.7 Å². The van der Waals surface area contributed by atoms with Crippen LogP contribution in [0, 0.1) is 0 Å².